The second-order valence-electron chi connectivity index (χ2n) is 4.49. The minimum absolute atomic E-state index is 0.0630. The van der Waals surface area contributed by atoms with Crippen molar-refractivity contribution >= 4 is 10.0 Å². The van der Waals surface area contributed by atoms with E-state index in [4.69, 9.17) is 0 Å². The third-order valence-electron chi connectivity index (χ3n) is 2.82. The van der Waals surface area contributed by atoms with Gasteiger partial charge in [-0.2, -0.15) is 0 Å². The minimum Gasteiger partial charge on any atom is -0.320 e. The van der Waals surface area contributed by atoms with E-state index >= 15 is 0 Å². The zero-order valence-electron chi connectivity index (χ0n) is 11.3. The molecular formula is C13H21FN2O2S. The quantitative estimate of drug-likeness (QED) is 0.717. The highest BCUT2D eigenvalue weighted by Crippen LogP contribution is 2.17. The van der Waals surface area contributed by atoms with Crippen LogP contribution < -0.4 is 10.0 Å². The normalized spacial score (nSPS) is 13.4. The van der Waals surface area contributed by atoms with Crippen molar-refractivity contribution < 1.29 is 12.8 Å². The molecule has 0 aliphatic heterocycles. The molecule has 0 spiro atoms. The lowest BCUT2D eigenvalue weighted by Crippen LogP contribution is -2.29. The van der Waals surface area contributed by atoms with Gasteiger partial charge in [-0.3, -0.25) is 0 Å². The number of benzene rings is 1. The molecule has 0 radical (unpaired) electrons. The third kappa shape index (κ3) is 5.67. The molecule has 6 heteroatoms. The Balaban J connectivity index is 2.56. The molecule has 0 aromatic heterocycles. The predicted octanol–water partition coefficient (Wildman–Crippen LogP) is 1.81. The average molecular weight is 288 g/mol. The SMILES string of the molecule is CNCCCCS(=O)(=O)NC(C)c1ccccc1F. The summed E-state index contributed by atoms with van der Waals surface area (Å²) in [7, 11) is -1.54. The minimum atomic E-state index is -3.37. The van der Waals surface area contributed by atoms with Gasteiger partial charge in [0.25, 0.3) is 0 Å². The Morgan fingerprint density at radius 3 is 2.58 bits per heavy atom. The molecule has 19 heavy (non-hydrogen) atoms. The second-order valence-corrected chi connectivity index (χ2v) is 6.36. The molecule has 4 nitrogen and oxygen atoms in total. The zero-order chi connectivity index (χ0) is 14.3. The van der Waals surface area contributed by atoms with Gasteiger partial charge in [0.15, 0.2) is 0 Å². The van der Waals surface area contributed by atoms with E-state index in [9.17, 15) is 12.8 Å². The van der Waals surface area contributed by atoms with Crippen LogP contribution in [-0.4, -0.2) is 27.8 Å². The zero-order valence-corrected chi connectivity index (χ0v) is 12.1. The Kier molecular flexibility index (Phi) is 6.41. The van der Waals surface area contributed by atoms with Crippen molar-refractivity contribution in [1.82, 2.24) is 10.0 Å². The van der Waals surface area contributed by atoms with Crippen molar-refractivity contribution in [3.8, 4) is 0 Å². The summed E-state index contributed by atoms with van der Waals surface area (Å²) in [6.45, 7) is 2.43. The highest BCUT2D eigenvalue weighted by molar-refractivity contribution is 7.89. The van der Waals surface area contributed by atoms with E-state index in [1.165, 1.54) is 6.07 Å². The van der Waals surface area contributed by atoms with Gasteiger partial charge in [0.05, 0.1) is 5.75 Å². The lowest BCUT2D eigenvalue weighted by atomic mass is 10.1. The van der Waals surface area contributed by atoms with Crippen LogP contribution in [-0.2, 0) is 10.0 Å². The van der Waals surface area contributed by atoms with Crippen LogP contribution in [0.1, 0.15) is 31.4 Å². The molecule has 0 aliphatic rings. The van der Waals surface area contributed by atoms with Gasteiger partial charge in [-0.15, -0.1) is 0 Å². The maximum absolute atomic E-state index is 13.5. The second kappa shape index (κ2) is 7.57. The molecule has 2 N–H and O–H groups in total. The molecule has 0 fully saturated rings. The number of rotatable bonds is 8. The fraction of sp³-hybridized carbons (Fsp3) is 0.538. The molecule has 0 saturated carbocycles. The standard InChI is InChI=1S/C13H21FN2O2S/c1-11(12-7-3-4-8-13(12)14)16-19(17,18)10-6-5-9-15-2/h3-4,7-8,11,15-16H,5-6,9-10H2,1-2H3. The van der Waals surface area contributed by atoms with Gasteiger partial charge in [0.2, 0.25) is 10.0 Å². The Labute approximate surface area is 114 Å². The van der Waals surface area contributed by atoms with Gasteiger partial charge in [-0.05, 0) is 39.4 Å². The maximum Gasteiger partial charge on any atom is 0.212 e. The summed E-state index contributed by atoms with van der Waals surface area (Å²) in [5.41, 5.74) is 0.362. The Morgan fingerprint density at radius 2 is 1.95 bits per heavy atom. The van der Waals surface area contributed by atoms with Gasteiger partial charge in [0.1, 0.15) is 5.82 Å². The molecule has 1 rings (SSSR count). The van der Waals surface area contributed by atoms with Crippen LogP contribution in [0.4, 0.5) is 4.39 Å². The first-order chi connectivity index (χ1) is 8.96. The fourth-order valence-electron chi connectivity index (χ4n) is 1.81. The van der Waals surface area contributed by atoms with Crippen LogP contribution >= 0.6 is 0 Å². The average Bonchev–Trinajstić information content (AvgIpc) is 2.34. The molecule has 0 heterocycles. The Hall–Kier alpha value is -0.980. The number of hydrogen-bond acceptors (Lipinski definition) is 3. The van der Waals surface area contributed by atoms with Gasteiger partial charge >= 0.3 is 0 Å². The molecule has 0 saturated heterocycles. The summed E-state index contributed by atoms with van der Waals surface area (Å²) in [6, 6.07) is 5.63. The highest BCUT2D eigenvalue weighted by atomic mass is 32.2. The molecule has 0 bridgehead atoms. The van der Waals surface area contributed by atoms with Crippen molar-refractivity contribution in [1.29, 1.82) is 0 Å². The molecule has 0 aliphatic carbocycles. The summed E-state index contributed by atoms with van der Waals surface area (Å²) in [5, 5.41) is 2.96. The number of unbranched alkanes of at least 4 members (excludes halogenated alkanes) is 1. The maximum atomic E-state index is 13.5. The molecule has 108 valence electrons. The summed E-state index contributed by atoms with van der Waals surface area (Å²) in [4.78, 5) is 0. The van der Waals surface area contributed by atoms with Crippen molar-refractivity contribution in [2.24, 2.45) is 0 Å². The van der Waals surface area contributed by atoms with Crippen LogP contribution in [0, 0.1) is 5.82 Å². The van der Waals surface area contributed by atoms with Crippen LogP contribution in [0.15, 0.2) is 24.3 Å². The lowest BCUT2D eigenvalue weighted by molar-refractivity contribution is 0.547. The molecule has 1 unspecified atom stereocenters. The van der Waals surface area contributed by atoms with Crippen LogP contribution in [0.5, 0.6) is 0 Å². The smallest absolute Gasteiger partial charge is 0.212 e. The molecule has 1 aromatic carbocycles. The van der Waals surface area contributed by atoms with Crippen LogP contribution in [0.3, 0.4) is 0 Å². The Bertz CT molecular complexity index is 491. The van der Waals surface area contributed by atoms with Gasteiger partial charge in [-0.1, -0.05) is 18.2 Å². The summed E-state index contributed by atoms with van der Waals surface area (Å²) in [6.07, 6.45) is 1.38. The van der Waals surface area contributed by atoms with E-state index in [1.54, 1.807) is 25.1 Å². The van der Waals surface area contributed by atoms with Crippen molar-refractivity contribution in [2.45, 2.75) is 25.8 Å². The molecule has 1 aromatic rings. The van der Waals surface area contributed by atoms with Gasteiger partial charge in [0, 0.05) is 11.6 Å². The van der Waals surface area contributed by atoms with Crippen LogP contribution in [0.2, 0.25) is 0 Å². The lowest BCUT2D eigenvalue weighted by Gasteiger charge is -2.15. The highest BCUT2D eigenvalue weighted by Gasteiger charge is 2.17. The Morgan fingerprint density at radius 1 is 1.26 bits per heavy atom. The fourth-order valence-corrected chi connectivity index (χ4v) is 3.18. The first-order valence-corrected chi connectivity index (χ1v) is 8.00. The van der Waals surface area contributed by atoms with Crippen molar-refractivity contribution in [3.63, 3.8) is 0 Å². The first kappa shape index (κ1) is 16.1. The molecule has 1 atom stereocenters. The number of nitrogens with one attached hydrogen (secondary N) is 2. The summed E-state index contributed by atoms with van der Waals surface area (Å²) < 4.78 is 39.7. The van der Waals surface area contributed by atoms with Crippen LogP contribution in [0.25, 0.3) is 0 Å². The van der Waals surface area contributed by atoms with E-state index < -0.39 is 21.9 Å². The van der Waals surface area contributed by atoms with E-state index in [1.807, 2.05) is 7.05 Å². The molecule has 0 amide bonds. The van der Waals surface area contributed by atoms with E-state index in [2.05, 4.69) is 10.0 Å². The van der Waals surface area contributed by atoms with Gasteiger partial charge in [-0.25, -0.2) is 17.5 Å². The van der Waals surface area contributed by atoms with Crippen molar-refractivity contribution in [3.05, 3.63) is 35.6 Å². The van der Waals surface area contributed by atoms with E-state index in [-0.39, 0.29) is 5.75 Å². The first-order valence-electron chi connectivity index (χ1n) is 6.35. The predicted molar refractivity (Wildman–Crippen MR) is 74.9 cm³/mol. The number of halogens is 1. The van der Waals surface area contributed by atoms with Gasteiger partial charge < -0.3 is 5.32 Å². The van der Waals surface area contributed by atoms with E-state index in [0.717, 1.165) is 13.0 Å². The molecular weight excluding hydrogens is 267 g/mol. The van der Waals surface area contributed by atoms with E-state index in [0.29, 0.717) is 12.0 Å². The summed E-state index contributed by atoms with van der Waals surface area (Å²) >= 11 is 0. The summed E-state index contributed by atoms with van der Waals surface area (Å²) in [5.74, 6) is -0.333. The largest absolute Gasteiger partial charge is 0.320 e. The number of sulfonamides is 1. The topological polar surface area (TPSA) is 58.2 Å². The van der Waals surface area contributed by atoms with Crippen molar-refractivity contribution in [2.75, 3.05) is 19.3 Å². The third-order valence-corrected chi connectivity index (χ3v) is 4.36. The monoisotopic (exact) mass is 288 g/mol. The number of hydrogen-bond donors (Lipinski definition) is 2.